The summed E-state index contributed by atoms with van der Waals surface area (Å²) in [6, 6.07) is 5.57. The van der Waals surface area contributed by atoms with Gasteiger partial charge in [0.15, 0.2) is 0 Å². The number of benzene rings is 1. The fourth-order valence-corrected chi connectivity index (χ4v) is 1.95. The average molecular weight is 246 g/mol. The molecule has 0 atom stereocenters. The van der Waals surface area contributed by atoms with Crippen molar-refractivity contribution in [1.29, 1.82) is 0 Å². The number of aromatic nitrogens is 2. The average Bonchev–Trinajstić information content (AvgIpc) is 2.80. The van der Waals surface area contributed by atoms with Crippen molar-refractivity contribution in [2.75, 3.05) is 13.6 Å². The molecule has 96 valence electrons. The van der Waals surface area contributed by atoms with Crippen LogP contribution in [0.15, 0.2) is 24.5 Å². The highest BCUT2D eigenvalue weighted by Crippen LogP contribution is 2.15. The molecule has 0 unspecified atom stereocenters. The van der Waals surface area contributed by atoms with Gasteiger partial charge in [-0.2, -0.15) is 0 Å². The number of carbonyl (C=O) groups is 1. The molecule has 5 nitrogen and oxygen atoms in total. The van der Waals surface area contributed by atoms with Crippen molar-refractivity contribution >= 4 is 16.9 Å². The number of aryl methyl sites for hydroxylation is 1. The van der Waals surface area contributed by atoms with E-state index in [1.54, 1.807) is 7.05 Å². The van der Waals surface area contributed by atoms with Gasteiger partial charge in [-0.15, -0.1) is 0 Å². The van der Waals surface area contributed by atoms with Crippen molar-refractivity contribution in [2.45, 2.75) is 19.4 Å². The smallest absolute Gasteiger partial charge is 0.251 e. The first-order valence-corrected chi connectivity index (χ1v) is 6.13. The first-order chi connectivity index (χ1) is 8.76. The summed E-state index contributed by atoms with van der Waals surface area (Å²) in [4.78, 5) is 15.8. The molecule has 1 aromatic carbocycles. The van der Waals surface area contributed by atoms with Crippen molar-refractivity contribution in [3.63, 3.8) is 0 Å². The predicted octanol–water partition coefficient (Wildman–Crippen LogP) is 1.13. The Hall–Kier alpha value is -1.88. The quantitative estimate of drug-likeness (QED) is 0.777. The third-order valence-electron chi connectivity index (χ3n) is 2.96. The van der Waals surface area contributed by atoms with Crippen LogP contribution < -0.4 is 11.1 Å². The minimum atomic E-state index is -0.0884. The largest absolute Gasteiger partial charge is 0.355 e. The van der Waals surface area contributed by atoms with Crippen molar-refractivity contribution in [3.8, 4) is 0 Å². The maximum atomic E-state index is 11.5. The van der Waals surface area contributed by atoms with Crippen LogP contribution in [0, 0.1) is 0 Å². The number of fused-ring (bicyclic) bond motifs is 1. The summed E-state index contributed by atoms with van der Waals surface area (Å²) in [5.41, 5.74) is 8.02. The second-order valence-corrected chi connectivity index (χ2v) is 4.22. The molecule has 0 aliphatic carbocycles. The lowest BCUT2D eigenvalue weighted by Gasteiger charge is -2.04. The zero-order valence-electron chi connectivity index (χ0n) is 10.5. The number of imidazole rings is 1. The van der Waals surface area contributed by atoms with Gasteiger partial charge in [-0.3, -0.25) is 4.79 Å². The van der Waals surface area contributed by atoms with E-state index in [0.717, 1.165) is 30.4 Å². The molecule has 0 spiro atoms. The van der Waals surface area contributed by atoms with E-state index < -0.39 is 0 Å². The first-order valence-electron chi connectivity index (χ1n) is 6.13. The fraction of sp³-hybridized carbons (Fsp3) is 0.385. The van der Waals surface area contributed by atoms with Gasteiger partial charge in [0.05, 0.1) is 17.4 Å². The molecular weight excluding hydrogens is 228 g/mol. The van der Waals surface area contributed by atoms with Gasteiger partial charge in [-0.1, -0.05) is 0 Å². The van der Waals surface area contributed by atoms with Crippen LogP contribution in [0.25, 0.3) is 11.0 Å². The van der Waals surface area contributed by atoms with Gasteiger partial charge in [0, 0.05) is 19.2 Å². The van der Waals surface area contributed by atoms with Crippen LogP contribution in [0.2, 0.25) is 0 Å². The van der Waals surface area contributed by atoms with Crippen LogP contribution in [0.5, 0.6) is 0 Å². The fourth-order valence-electron chi connectivity index (χ4n) is 1.95. The Morgan fingerprint density at radius 1 is 1.44 bits per heavy atom. The molecule has 0 saturated carbocycles. The van der Waals surface area contributed by atoms with Crippen LogP contribution in [0.3, 0.4) is 0 Å². The molecule has 0 bridgehead atoms. The molecule has 2 aromatic rings. The lowest BCUT2D eigenvalue weighted by molar-refractivity contribution is 0.0963. The third kappa shape index (κ3) is 2.51. The van der Waals surface area contributed by atoms with E-state index in [1.165, 1.54) is 0 Å². The van der Waals surface area contributed by atoms with E-state index in [9.17, 15) is 4.79 Å². The zero-order chi connectivity index (χ0) is 13.0. The summed E-state index contributed by atoms with van der Waals surface area (Å²) < 4.78 is 2.10. The van der Waals surface area contributed by atoms with Gasteiger partial charge >= 0.3 is 0 Å². The van der Waals surface area contributed by atoms with Crippen molar-refractivity contribution in [1.82, 2.24) is 14.9 Å². The Labute approximate surface area is 106 Å². The van der Waals surface area contributed by atoms with E-state index >= 15 is 0 Å². The molecular formula is C13H18N4O. The summed E-state index contributed by atoms with van der Waals surface area (Å²) >= 11 is 0. The third-order valence-corrected chi connectivity index (χ3v) is 2.96. The normalized spacial score (nSPS) is 10.8. The number of nitrogens with one attached hydrogen (secondary N) is 1. The Bertz CT molecular complexity index is 547. The van der Waals surface area contributed by atoms with E-state index in [-0.39, 0.29) is 5.91 Å². The highest BCUT2D eigenvalue weighted by Gasteiger charge is 2.07. The summed E-state index contributed by atoms with van der Waals surface area (Å²) in [7, 11) is 1.62. The first kappa shape index (κ1) is 12.6. The maximum absolute atomic E-state index is 11.5. The zero-order valence-corrected chi connectivity index (χ0v) is 10.5. The van der Waals surface area contributed by atoms with Crippen molar-refractivity contribution < 1.29 is 4.79 Å². The lowest BCUT2D eigenvalue weighted by atomic mass is 10.2. The Morgan fingerprint density at radius 3 is 3.00 bits per heavy atom. The second kappa shape index (κ2) is 5.64. The van der Waals surface area contributed by atoms with Gasteiger partial charge < -0.3 is 15.6 Å². The Kier molecular flexibility index (Phi) is 3.94. The SMILES string of the molecule is CNC(=O)c1ccc2c(c1)ncn2CCCCN. The van der Waals surface area contributed by atoms with Gasteiger partial charge in [0.2, 0.25) is 0 Å². The summed E-state index contributed by atoms with van der Waals surface area (Å²) in [6.07, 6.45) is 3.87. The molecule has 5 heteroatoms. The molecule has 1 amide bonds. The van der Waals surface area contributed by atoms with Crippen LogP contribution in [0.1, 0.15) is 23.2 Å². The van der Waals surface area contributed by atoms with E-state index in [0.29, 0.717) is 12.1 Å². The molecule has 18 heavy (non-hydrogen) atoms. The minimum absolute atomic E-state index is 0.0884. The van der Waals surface area contributed by atoms with Gasteiger partial charge in [-0.05, 0) is 37.6 Å². The number of hydrogen-bond donors (Lipinski definition) is 2. The monoisotopic (exact) mass is 246 g/mol. The van der Waals surface area contributed by atoms with Gasteiger partial charge in [0.1, 0.15) is 0 Å². The van der Waals surface area contributed by atoms with Crippen molar-refractivity contribution in [3.05, 3.63) is 30.1 Å². The molecule has 3 N–H and O–H groups in total. The molecule has 2 rings (SSSR count). The molecule has 1 heterocycles. The number of amides is 1. The van der Waals surface area contributed by atoms with Gasteiger partial charge in [-0.25, -0.2) is 4.98 Å². The molecule has 0 saturated heterocycles. The predicted molar refractivity (Wildman–Crippen MR) is 71.4 cm³/mol. The number of rotatable bonds is 5. The number of carbonyl (C=O) groups excluding carboxylic acids is 1. The van der Waals surface area contributed by atoms with Crippen LogP contribution >= 0.6 is 0 Å². The summed E-state index contributed by atoms with van der Waals surface area (Å²) in [5, 5.41) is 2.61. The van der Waals surface area contributed by atoms with Crippen LogP contribution in [-0.2, 0) is 6.54 Å². The molecule has 0 aliphatic heterocycles. The molecule has 0 aliphatic rings. The lowest BCUT2D eigenvalue weighted by Crippen LogP contribution is -2.17. The molecule has 1 aromatic heterocycles. The number of unbranched alkanes of at least 4 members (excludes halogenated alkanes) is 1. The minimum Gasteiger partial charge on any atom is -0.355 e. The standard InChI is InChI=1S/C13H18N4O/c1-15-13(18)10-4-5-12-11(8-10)16-9-17(12)7-3-2-6-14/h4-5,8-9H,2-3,6-7,14H2,1H3,(H,15,18). The molecule has 0 fully saturated rings. The Balaban J connectivity index is 2.23. The summed E-state index contributed by atoms with van der Waals surface area (Å²) in [5.74, 6) is -0.0884. The highest BCUT2D eigenvalue weighted by molar-refractivity contribution is 5.97. The number of hydrogen-bond acceptors (Lipinski definition) is 3. The second-order valence-electron chi connectivity index (χ2n) is 4.22. The van der Waals surface area contributed by atoms with Crippen molar-refractivity contribution in [2.24, 2.45) is 5.73 Å². The topological polar surface area (TPSA) is 72.9 Å². The van der Waals surface area contributed by atoms with E-state index in [4.69, 9.17) is 5.73 Å². The summed E-state index contributed by atoms with van der Waals surface area (Å²) in [6.45, 7) is 1.63. The number of nitrogens with two attached hydrogens (primary N) is 1. The van der Waals surface area contributed by atoms with Crippen LogP contribution in [0.4, 0.5) is 0 Å². The van der Waals surface area contributed by atoms with E-state index in [1.807, 2.05) is 24.5 Å². The Morgan fingerprint density at radius 2 is 2.28 bits per heavy atom. The highest BCUT2D eigenvalue weighted by atomic mass is 16.1. The molecule has 0 radical (unpaired) electrons. The van der Waals surface area contributed by atoms with Crippen LogP contribution in [-0.4, -0.2) is 29.1 Å². The maximum Gasteiger partial charge on any atom is 0.251 e. The van der Waals surface area contributed by atoms with Gasteiger partial charge in [0.25, 0.3) is 5.91 Å². The van der Waals surface area contributed by atoms with E-state index in [2.05, 4.69) is 14.9 Å². The number of nitrogens with zero attached hydrogens (tertiary/aromatic N) is 2.